The van der Waals surface area contributed by atoms with Crippen molar-refractivity contribution < 1.29 is 4.39 Å². The Morgan fingerprint density at radius 1 is 1.24 bits per heavy atom. The third kappa shape index (κ3) is 3.51. The van der Waals surface area contributed by atoms with Crippen LogP contribution in [-0.4, -0.2) is 0 Å². The first-order valence-corrected chi connectivity index (χ1v) is 6.51. The summed E-state index contributed by atoms with van der Waals surface area (Å²) in [6, 6.07) is 6.77. The molecule has 3 heteroatoms. The van der Waals surface area contributed by atoms with Gasteiger partial charge >= 0.3 is 0 Å². The minimum absolute atomic E-state index is 0.149. The monoisotopic (exact) mass is 236 g/mol. The van der Waals surface area contributed by atoms with E-state index in [4.69, 9.17) is 5.84 Å². The van der Waals surface area contributed by atoms with Gasteiger partial charge in [-0.25, -0.2) is 4.39 Å². The van der Waals surface area contributed by atoms with Gasteiger partial charge in [-0.15, -0.1) is 0 Å². The molecule has 1 aromatic carbocycles. The molecule has 2 rings (SSSR count). The molecule has 1 saturated carbocycles. The Bertz CT molecular complexity index is 331. The molecule has 1 aliphatic carbocycles. The molecule has 0 aromatic heterocycles. The lowest BCUT2D eigenvalue weighted by atomic mass is 9.95. The highest BCUT2D eigenvalue weighted by Gasteiger charge is 2.17. The highest BCUT2D eigenvalue weighted by molar-refractivity contribution is 5.19. The van der Waals surface area contributed by atoms with Crippen molar-refractivity contribution in [2.24, 2.45) is 11.8 Å². The van der Waals surface area contributed by atoms with Crippen LogP contribution in [0.2, 0.25) is 0 Å². The van der Waals surface area contributed by atoms with Crippen molar-refractivity contribution in [3.63, 3.8) is 0 Å². The fraction of sp³-hybridized carbons (Fsp3) is 0.571. The van der Waals surface area contributed by atoms with Crippen molar-refractivity contribution in [3.8, 4) is 0 Å². The molecule has 17 heavy (non-hydrogen) atoms. The molecule has 0 saturated heterocycles. The topological polar surface area (TPSA) is 38.0 Å². The summed E-state index contributed by atoms with van der Waals surface area (Å²) in [6.07, 6.45) is 7.73. The Kier molecular flexibility index (Phi) is 4.51. The zero-order valence-corrected chi connectivity index (χ0v) is 10.2. The van der Waals surface area contributed by atoms with Gasteiger partial charge in [0.15, 0.2) is 0 Å². The van der Waals surface area contributed by atoms with Crippen LogP contribution in [0.5, 0.6) is 0 Å². The van der Waals surface area contributed by atoms with Gasteiger partial charge in [0, 0.05) is 6.04 Å². The predicted molar refractivity (Wildman–Crippen MR) is 67.7 cm³/mol. The van der Waals surface area contributed by atoms with Gasteiger partial charge < -0.3 is 0 Å². The number of nitrogens with one attached hydrogen (secondary N) is 1. The second kappa shape index (κ2) is 6.12. The number of nitrogens with two attached hydrogens (primary N) is 1. The van der Waals surface area contributed by atoms with Crippen LogP contribution < -0.4 is 11.3 Å². The van der Waals surface area contributed by atoms with Crippen molar-refractivity contribution >= 4 is 0 Å². The summed E-state index contributed by atoms with van der Waals surface area (Å²) in [5, 5.41) is 0. The van der Waals surface area contributed by atoms with Gasteiger partial charge in [0.1, 0.15) is 5.82 Å². The maximum Gasteiger partial charge on any atom is 0.123 e. The SMILES string of the molecule is NNC(CCC1CCCC1)c1ccc(F)cc1. The van der Waals surface area contributed by atoms with E-state index in [2.05, 4.69) is 5.43 Å². The summed E-state index contributed by atoms with van der Waals surface area (Å²) in [5.74, 6) is 6.26. The summed E-state index contributed by atoms with van der Waals surface area (Å²) >= 11 is 0. The molecule has 0 spiro atoms. The fourth-order valence-electron chi connectivity index (χ4n) is 2.74. The summed E-state index contributed by atoms with van der Waals surface area (Å²) in [7, 11) is 0. The Morgan fingerprint density at radius 3 is 2.47 bits per heavy atom. The minimum Gasteiger partial charge on any atom is -0.271 e. The van der Waals surface area contributed by atoms with Gasteiger partial charge in [-0.2, -0.15) is 0 Å². The van der Waals surface area contributed by atoms with E-state index in [1.807, 2.05) is 12.1 Å². The Hall–Kier alpha value is -0.930. The van der Waals surface area contributed by atoms with Crippen LogP contribution in [0, 0.1) is 11.7 Å². The number of hydrazine groups is 1. The zero-order valence-electron chi connectivity index (χ0n) is 10.2. The minimum atomic E-state index is -0.194. The molecule has 3 N–H and O–H groups in total. The summed E-state index contributed by atoms with van der Waals surface area (Å²) < 4.78 is 12.8. The fourth-order valence-corrected chi connectivity index (χ4v) is 2.74. The molecule has 0 radical (unpaired) electrons. The van der Waals surface area contributed by atoms with E-state index >= 15 is 0 Å². The molecule has 0 amide bonds. The Labute approximate surface area is 102 Å². The average Bonchev–Trinajstić information content (AvgIpc) is 2.85. The van der Waals surface area contributed by atoms with Gasteiger partial charge in [0.05, 0.1) is 0 Å². The van der Waals surface area contributed by atoms with Gasteiger partial charge in [-0.1, -0.05) is 37.8 Å². The van der Waals surface area contributed by atoms with E-state index in [-0.39, 0.29) is 11.9 Å². The summed E-state index contributed by atoms with van der Waals surface area (Å²) in [6.45, 7) is 0. The molecule has 0 bridgehead atoms. The van der Waals surface area contributed by atoms with E-state index in [0.717, 1.165) is 17.9 Å². The highest BCUT2D eigenvalue weighted by Crippen LogP contribution is 2.31. The van der Waals surface area contributed by atoms with Gasteiger partial charge in [0.25, 0.3) is 0 Å². The van der Waals surface area contributed by atoms with E-state index in [1.54, 1.807) is 0 Å². The van der Waals surface area contributed by atoms with Gasteiger partial charge in [-0.3, -0.25) is 11.3 Å². The van der Waals surface area contributed by atoms with Crippen molar-refractivity contribution in [1.82, 2.24) is 5.43 Å². The molecular weight excluding hydrogens is 215 g/mol. The molecule has 1 aliphatic rings. The van der Waals surface area contributed by atoms with Crippen LogP contribution in [0.1, 0.15) is 50.1 Å². The molecule has 0 aliphatic heterocycles. The molecule has 2 nitrogen and oxygen atoms in total. The molecule has 1 aromatic rings. The molecule has 1 unspecified atom stereocenters. The lowest BCUT2D eigenvalue weighted by molar-refractivity contribution is 0.416. The van der Waals surface area contributed by atoms with Crippen molar-refractivity contribution in [1.29, 1.82) is 0 Å². The third-order valence-electron chi connectivity index (χ3n) is 3.81. The molecular formula is C14H21FN2. The Morgan fingerprint density at radius 2 is 1.88 bits per heavy atom. The van der Waals surface area contributed by atoms with E-state index < -0.39 is 0 Å². The molecule has 94 valence electrons. The standard InChI is InChI=1S/C14H21FN2/c15-13-8-6-12(7-9-13)14(17-16)10-5-11-3-1-2-4-11/h6-9,11,14,17H,1-5,10,16H2. The largest absolute Gasteiger partial charge is 0.271 e. The first-order chi connectivity index (χ1) is 8.29. The van der Waals surface area contributed by atoms with Crippen molar-refractivity contribution in [3.05, 3.63) is 35.6 Å². The Balaban J connectivity index is 1.89. The number of halogens is 1. The lowest BCUT2D eigenvalue weighted by Gasteiger charge is -2.18. The van der Waals surface area contributed by atoms with E-state index in [0.29, 0.717) is 0 Å². The lowest BCUT2D eigenvalue weighted by Crippen LogP contribution is -2.28. The smallest absolute Gasteiger partial charge is 0.123 e. The van der Waals surface area contributed by atoms with E-state index in [1.165, 1.54) is 44.2 Å². The summed E-state index contributed by atoms with van der Waals surface area (Å²) in [5.41, 5.74) is 3.92. The van der Waals surface area contributed by atoms with Crippen LogP contribution in [0.15, 0.2) is 24.3 Å². The van der Waals surface area contributed by atoms with Gasteiger partial charge in [0.2, 0.25) is 0 Å². The van der Waals surface area contributed by atoms with Crippen LogP contribution in [0.4, 0.5) is 4.39 Å². The van der Waals surface area contributed by atoms with Crippen LogP contribution >= 0.6 is 0 Å². The van der Waals surface area contributed by atoms with Gasteiger partial charge in [-0.05, 0) is 36.5 Å². The molecule has 1 fully saturated rings. The van der Waals surface area contributed by atoms with Crippen LogP contribution in [-0.2, 0) is 0 Å². The average molecular weight is 236 g/mol. The quantitative estimate of drug-likeness (QED) is 0.608. The first-order valence-electron chi connectivity index (χ1n) is 6.51. The van der Waals surface area contributed by atoms with Crippen LogP contribution in [0.25, 0.3) is 0 Å². The van der Waals surface area contributed by atoms with Crippen molar-refractivity contribution in [2.75, 3.05) is 0 Å². The maximum absolute atomic E-state index is 12.8. The molecule has 1 atom stereocenters. The second-order valence-corrected chi connectivity index (χ2v) is 5.00. The number of benzene rings is 1. The predicted octanol–water partition coefficient (Wildman–Crippen LogP) is 3.30. The summed E-state index contributed by atoms with van der Waals surface area (Å²) in [4.78, 5) is 0. The number of hydrogen-bond donors (Lipinski definition) is 2. The van der Waals surface area contributed by atoms with Crippen LogP contribution in [0.3, 0.4) is 0 Å². The number of hydrogen-bond acceptors (Lipinski definition) is 2. The molecule has 0 heterocycles. The third-order valence-corrected chi connectivity index (χ3v) is 3.81. The maximum atomic E-state index is 12.8. The second-order valence-electron chi connectivity index (χ2n) is 5.00. The van der Waals surface area contributed by atoms with Crippen molar-refractivity contribution in [2.45, 2.75) is 44.6 Å². The zero-order chi connectivity index (χ0) is 12.1. The number of rotatable bonds is 5. The highest BCUT2D eigenvalue weighted by atomic mass is 19.1. The normalized spacial score (nSPS) is 18.5. The van der Waals surface area contributed by atoms with E-state index in [9.17, 15) is 4.39 Å². The first kappa shape index (κ1) is 12.5.